The normalized spacial score (nSPS) is 11.4. The third kappa shape index (κ3) is 7.06. The second kappa shape index (κ2) is 9.28. The number of aryl methyl sites for hydroxylation is 1. The predicted octanol–water partition coefficient (Wildman–Crippen LogP) is 0.988. The van der Waals surface area contributed by atoms with Gasteiger partial charge in [-0.3, -0.25) is 4.79 Å². The number of carbonyl (C=O) groups is 1. The van der Waals surface area contributed by atoms with Crippen LogP contribution >= 0.6 is 0 Å². The van der Waals surface area contributed by atoms with E-state index >= 15 is 0 Å². The Kier molecular flexibility index (Phi) is 7.60. The maximum atomic E-state index is 11.4. The molecule has 1 amide bonds. The lowest BCUT2D eigenvalue weighted by Crippen LogP contribution is -2.25. The van der Waals surface area contributed by atoms with Gasteiger partial charge in [0.1, 0.15) is 6.61 Å². The van der Waals surface area contributed by atoms with Crippen LogP contribution in [-0.4, -0.2) is 49.8 Å². The van der Waals surface area contributed by atoms with E-state index in [0.717, 1.165) is 18.7 Å². The fourth-order valence-corrected chi connectivity index (χ4v) is 1.44. The number of nitrogens with zero attached hydrogens (tertiary/aromatic N) is 2. The highest BCUT2D eigenvalue weighted by Crippen LogP contribution is 2.05. The molecule has 0 fully saturated rings. The topological polar surface area (TPSA) is 67.6 Å². The molecule has 1 N–H and O–H groups in total. The molecule has 0 aliphatic carbocycles. The summed E-state index contributed by atoms with van der Waals surface area (Å²) in [6, 6.07) is 1.88. The molecular weight excluding hydrogens is 258 g/mol. The van der Waals surface area contributed by atoms with E-state index in [0.29, 0.717) is 25.5 Å². The van der Waals surface area contributed by atoms with E-state index in [9.17, 15) is 4.79 Å². The molecule has 1 rings (SSSR count). The minimum absolute atomic E-state index is 0.108. The molecule has 0 saturated heterocycles. The molecule has 0 atom stereocenters. The van der Waals surface area contributed by atoms with Crippen molar-refractivity contribution in [3.8, 4) is 0 Å². The van der Waals surface area contributed by atoms with E-state index in [-0.39, 0.29) is 5.91 Å². The number of rotatable bonds is 9. The Morgan fingerprint density at radius 2 is 2.35 bits per heavy atom. The minimum atomic E-state index is -0.108. The highest BCUT2D eigenvalue weighted by atomic mass is 16.5. The lowest BCUT2D eigenvalue weighted by atomic mass is 10.3. The molecule has 0 saturated carbocycles. The van der Waals surface area contributed by atoms with Crippen LogP contribution in [0.15, 0.2) is 22.7 Å². The second-order valence-corrected chi connectivity index (χ2v) is 4.65. The predicted molar refractivity (Wildman–Crippen MR) is 76.2 cm³/mol. The number of hydrogen-bond donors (Lipinski definition) is 1. The van der Waals surface area contributed by atoms with Gasteiger partial charge in [-0.2, -0.15) is 0 Å². The van der Waals surface area contributed by atoms with Crippen molar-refractivity contribution in [3.63, 3.8) is 0 Å². The highest BCUT2D eigenvalue weighted by Gasteiger charge is 2.02. The molecule has 112 valence electrons. The van der Waals surface area contributed by atoms with E-state index in [1.807, 2.05) is 38.1 Å². The molecule has 0 aliphatic heterocycles. The fourth-order valence-electron chi connectivity index (χ4n) is 1.44. The maximum Gasteiger partial charge on any atom is 0.243 e. The number of aromatic nitrogens is 1. The first kappa shape index (κ1) is 16.4. The molecule has 1 heterocycles. The standard InChI is InChI=1S/C14H23N3O3/c1-4-12-10-13(20-16-12)11-19-9-7-15-14(18)6-5-8-17(2)3/h5-6,10H,4,7-9,11H2,1-3H3,(H,15,18)/b6-5+. The van der Waals surface area contributed by atoms with Crippen LogP contribution in [0.4, 0.5) is 0 Å². The van der Waals surface area contributed by atoms with Crippen LogP contribution in [0.5, 0.6) is 0 Å². The van der Waals surface area contributed by atoms with Crippen molar-refractivity contribution in [3.05, 3.63) is 29.7 Å². The Morgan fingerprint density at radius 1 is 1.55 bits per heavy atom. The van der Waals surface area contributed by atoms with Gasteiger partial charge < -0.3 is 19.5 Å². The van der Waals surface area contributed by atoms with Gasteiger partial charge in [-0.1, -0.05) is 18.2 Å². The van der Waals surface area contributed by atoms with Crippen LogP contribution in [0.3, 0.4) is 0 Å². The largest absolute Gasteiger partial charge is 0.372 e. The van der Waals surface area contributed by atoms with Gasteiger partial charge in [0.05, 0.1) is 12.3 Å². The summed E-state index contributed by atoms with van der Waals surface area (Å²) < 4.78 is 10.5. The van der Waals surface area contributed by atoms with Crippen molar-refractivity contribution in [1.29, 1.82) is 0 Å². The van der Waals surface area contributed by atoms with Crippen molar-refractivity contribution in [1.82, 2.24) is 15.4 Å². The Morgan fingerprint density at radius 3 is 3.00 bits per heavy atom. The van der Waals surface area contributed by atoms with E-state index in [1.54, 1.807) is 0 Å². The van der Waals surface area contributed by atoms with Gasteiger partial charge in [0.15, 0.2) is 5.76 Å². The molecule has 0 spiro atoms. The third-order valence-corrected chi connectivity index (χ3v) is 2.50. The molecule has 0 radical (unpaired) electrons. The van der Waals surface area contributed by atoms with Crippen molar-refractivity contribution in [2.45, 2.75) is 20.0 Å². The lowest BCUT2D eigenvalue weighted by Gasteiger charge is -2.04. The maximum absolute atomic E-state index is 11.4. The number of carbonyl (C=O) groups excluding carboxylic acids is 1. The number of hydrogen-bond acceptors (Lipinski definition) is 5. The van der Waals surface area contributed by atoms with Gasteiger partial charge in [0.25, 0.3) is 0 Å². The zero-order valence-electron chi connectivity index (χ0n) is 12.4. The third-order valence-electron chi connectivity index (χ3n) is 2.50. The summed E-state index contributed by atoms with van der Waals surface area (Å²) in [5, 5.41) is 6.62. The van der Waals surface area contributed by atoms with E-state index < -0.39 is 0 Å². The van der Waals surface area contributed by atoms with Crippen LogP contribution in [0.2, 0.25) is 0 Å². The number of likely N-dealkylation sites (N-methyl/N-ethyl adjacent to an activating group) is 1. The van der Waals surface area contributed by atoms with Crippen LogP contribution < -0.4 is 5.32 Å². The Bertz CT molecular complexity index is 427. The van der Waals surface area contributed by atoms with Gasteiger partial charge in [0, 0.05) is 25.2 Å². The van der Waals surface area contributed by atoms with Gasteiger partial charge >= 0.3 is 0 Å². The molecule has 0 unspecified atom stereocenters. The Hall–Kier alpha value is -1.66. The summed E-state index contributed by atoms with van der Waals surface area (Å²) in [7, 11) is 3.90. The van der Waals surface area contributed by atoms with Crippen LogP contribution in [0, 0.1) is 0 Å². The first-order chi connectivity index (χ1) is 9.61. The molecule has 6 nitrogen and oxygen atoms in total. The quantitative estimate of drug-likeness (QED) is 0.540. The first-order valence-corrected chi connectivity index (χ1v) is 6.73. The monoisotopic (exact) mass is 281 g/mol. The van der Waals surface area contributed by atoms with Crippen molar-refractivity contribution in [2.24, 2.45) is 0 Å². The molecule has 1 aromatic rings. The van der Waals surface area contributed by atoms with Crippen LogP contribution in [0.1, 0.15) is 18.4 Å². The average molecular weight is 281 g/mol. The summed E-state index contributed by atoms with van der Waals surface area (Å²) >= 11 is 0. The molecule has 0 bridgehead atoms. The van der Waals surface area contributed by atoms with Gasteiger partial charge in [-0.15, -0.1) is 0 Å². The highest BCUT2D eigenvalue weighted by molar-refractivity contribution is 5.87. The van der Waals surface area contributed by atoms with Gasteiger partial charge in [0.2, 0.25) is 5.91 Å². The van der Waals surface area contributed by atoms with Crippen molar-refractivity contribution < 1.29 is 14.1 Å². The van der Waals surface area contributed by atoms with E-state index in [1.165, 1.54) is 6.08 Å². The first-order valence-electron chi connectivity index (χ1n) is 6.73. The number of nitrogens with one attached hydrogen (secondary N) is 1. The van der Waals surface area contributed by atoms with E-state index in [2.05, 4.69) is 10.5 Å². The van der Waals surface area contributed by atoms with Gasteiger partial charge in [-0.25, -0.2) is 0 Å². The summed E-state index contributed by atoms with van der Waals surface area (Å²) in [5.74, 6) is 0.599. The second-order valence-electron chi connectivity index (χ2n) is 4.65. The molecule has 1 aromatic heterocycles. The molecule has 6 heteroatoms. The Labute approximate surface area is 119 Å². The minimum Gasteiger partial charge on any atom is -0.372 e. The smallest absolute Gasteiger partial charge is 0.243 e. The molecule has 0 aliphatic rings. The summed E-state index contributed by atoms with van der Waals surface area (Å²) in [6.07, 6.45) is 4.19. The average Bonchev–Trinajstić information content (AvgIpc) is 2.86. The van der Waals surface area contributed by atoms with Crippen molar-refractivity contribution >= 4 is 5.91 Å². The van der Waals surface area contributed by atoms with Crippen molar-refractivity contribution in [2.75, 3.05) is 33.8 Å². The summed E-state index contributed by atoms with van der Waals surface area (Å²) in [5.41, 5.74) is 0.919. The zero-order valence-corrected chi connectivity index (χ0v) is 12.4. The number of amides is 1. The SMILES string of the molecule is CCc1cc(COCCNC(=O)/C=C/CN(C)C)on1. The molecular formula is C14H23N3O3. The summed E-state index contributed by atoms with van der Waals surface area (Å²) in [6.45, 7) is 4.05. The zero-order chi connectivity index (χ0) is 14.8. The van der Waals surface area contributed by atoms with Crippen LogP contribution in [0.25, 0.3) is 0 Å². The number of ether oxygens (including phenoxy) is 1. The summed E-state index contributed by atoms with van der Waals surface area (Å²) in [4.78, 5) is 13.4. The molecule has 20 heavy (non-hydrogen) atoms. The Balaban J connectivity index is 2.06. The van der Waals surface area contributed by atoms with Crippen LogP contribution in [-0.2, 0) is 22.6 Å². The van der Waals surface area contributed by atoms with E-state index in [4.69, 9.17) is 9.26 Å². The van der Waals surface area contributed by atoms with Gasteiger partial charge in [-0.05, 0) is 20.5 Å². The lowest BCUT2D eigenvalue weighted by molar-refractivity contribution is -0.116. The fraction of sp³-hybridized carbons (Fsp3) is 0.571. The molecule has 0 aromatic carbocycles.